The normalized spacial score (nSPS) is 26.1. The summed E-state index contributed by atoms with van der Waals surface area (Å²) in [7, 11) is 0. The Hall–Kier alpha value is 0.520. The molecule has 1 aromatic carbocycles. The molecular formula is C13H14Br2Cl2O2. The zero-order valence-electron chi connectivity index (χ0n) is 10.3. The van der Waals surface area contributed by atoms with Crippen LogP contribution in [0.5, 0.6) is 5.75 Å². The van der Waals surface area contributed by atoms with Gasteiger partial charge in [-0.3, -0.25) is 0 Å². The van der Waals surface area contributed by atoms with Gasteiger partial charge in [0, 0.05) is 28.4 Å². The molecule has 3 atom stereocenters. The maximum Gasteiger partial charge on any atom is 0.140 e. The molecule has 0 bridgehead atoms. The van der Waals surface area contributed by atoms with Crippen molar-refractivity contribution in [2.45, 2.75) is 36.8 Å². The minimum atomic E-state index is 0.0191. The lowest BCUT2D eigenvalue weighted by Crippen LogP contribution is -2.52. The van der Waals surface area contributed by atoms with Gasteiger partial charge in [0.1, 0.15) is 18.0 Å². The number of hydrogen-bond donors (Lipinski definition) is 0. The topological polar surface area (TPSA) is 18.5 Å². The van der Waals surface area contributed by atoms with E-state index in [2.05, 4.69) is 38.8 Å². The molecule has 1 aliphatic carbocycles. The molecule has 2 rings (SSSR count). The number of hydrogen-bond acceptors (Lipinski definition) is 2. The molecule has 0 N–H and O–H groups in total. The van der Waals surface area contributed by atoms with Crippen molar-refractivity contribution in [1.82, 2.24) is 0 Å². The minimum Gasteiger partial charge on any atom is -0.486 e. The Kier molecular flexibility index (Phi) is 5.85. The van der Waals surface area contributed by atoms with E-state index < -0.39 is 0 Å². The highest BCUT2D eigenvalue weighted by molar-refractivity contribution is 9.10. The van der Waals surface area contributed by atoms with Gasteiger partial charge in [0.25, 0.3) is 0 Å². The molecule has 106 valence electrons. The zero-order chi connectivity index (χ0) is 14.0. The first kappa shape index (κ1) is 15.9. The van der Waals surface area contributed by atoms with Crippen molar-refractivity contribution in [2.75, 3.05) is 6.61 Å². The third-order valence-corrected chi connectivity index (χ3v) is 5.34. The lowest BCUT2D eigenvalue weighted by Gasteiger charge is -2.41. The van der Waals surface area contributed by atoms with Crippen LogP contribution in [-0.4, -0.2) is 23.6 Å². The van der Waals surface area contributed by atoms with Crippen molar-refractivity contribution in [1.29, 1.82) is 0 Å². The summed E-state index contributed by atoms with van der Waals surface area (Å²) >= 11 is 19.1. The third-order valence-electron chi connectivity index (χ3n) is 2.95. The van der Waals surface area contributed by atoms with Gasteiger partial charge in [-0.2, -0.15) is 0 Å². The van der Waals surface area contributed by atoms with Crippen molar-refractivity contribution in [2.24, 2.45) is 0 Å². The molecule has 0 heterocycles. The van der Waals surface area contributed by atoms with Crippen molar-refractivity contribution in [3.05, 3.63) is 26.7 Å². The Morgan fingerprint density at radius 2 is 2.05 bits per heavy atom. The van der Waals surface area contributed by atoms with Crippen molar-refractivity contribution >= 4 is 55.1 Å². The van der Waals surface area contributed by atoms with Gasteiger partial charge in [0.2, 0.25) is 0 Å². The van der Waals surface area contributed by atoms with Gasteiger partial charge in [-0.1, -0.05) is 46.1 Å². The minimum absolute atomic E-state index is 0.0191. The van der Waals surface area contributed by atoms with E-state index in [0.717, 1.165) is 23.9 Å². The highest BCUT2D eigenvalue weighted by Gasteiger charge is 2.42. The third kappa shape index (κ3) is 3.79. The molecule has 19 heavy (non-hydrogen) atoms. The first-order chi connectivity index (χ1) is 9.02. The van der Waals surface area contributed by atoms with Crippen LogP contribution in [0, 0.1) is 0 Å². The SMILES string of the molecule is CCCOC1C(Br)CC1Oc1cc(Cl)c(Br)cc1Cl. The fourth-order valence-electron chi connectivity index (χ4n) is 1.87. The molecule has 0 saturated heterocycles. The van der Waals surface area contributed by atoms with Gasteiger partial charge < -0.3 is 9.47 Å². The van der Waals surface area contributed by atoms with Gasteiger partial charge in [-0.15, -0.1) is 0 Å². The van der Waals surface area contributed by atoms with Crippen LogP contribution in [0.15, 0.2) is 16.6 Å². The van der Waals surface area contributed by atoms with Crippen LogP contribution in [0.4, 0.5) is 0 Å². The lowest BCUT2D eigenvalue weighted by atomic mass is 9.91. The molecule has 2 nitrogen and oxygen atoms in total. The monoisotopic (exact) mass is 430 g/mol. The van der Waals surface area contributed by atoms with E-state index in [1.165, 1.54) is 0 Å². The second-order valence-corrected chi connectivity index (χ2v) is 7.29. The summed E-state index contributed by atoms with van der Waals surface area (Å²) in [6.07, 6.45) is 1.98. The Balaban J connectivity index is 2.03. The molecule has 0 aliphatic heterocycles. The van der Waals surface area contributed by atoms with Crippen LogP contribution in [0.25, 0.3) is 0 Å². The van der Waals surface area contributed by atoms with E-state index in [1.807, 2.05) is 0 Å². The van der Waals surface area contributed by atoms with Gasteiger partial charge in [0.05, 0.1) is 10.0 Å². The lowest BCUT2D eigenvalue weighted by molar-refractivity contribution is -0.0761. The second-order valence-electron chi connectivity index (χ2n) is 4.44. The number of ether oxygens (including phenoxy) is 2. The zero-order valence-corrected chi connectivity index (χ0v) is 15.0. The summed E-state index contributed by atoms with van der Waals surface area (Å²) < 4.78 is 12.4. The highest BCUT2D eigenvalue weighted by atomic mass is 79.9. The van der Waals surface area contributed by atoms with Crippen molar-refractivity contribution in [3.8, 4) is 5.75 Å². The van der Waals surface area contributed by atoms with E-state index in [9.17, 15) is 0 Å². The predicted octanol–water partition coefficient (Wildman–Crippen LogP) is 5.47. The van der Waals surface area contributed by atoms with Crippen LogP contribution in [0.1, 0.15) is 19.8 Å². The first-order valence-electron chi connectivity index (χ1n) is 6.09. The molecule has 0 amide bonds. The number of rotatable bonds is 5. The van der Waals surface area contributed by atoms with E-state index in [-0.39, 0.29) is 12.2 Å². The molecule has 1 aliphatic rings. The maximum absolute atomic E-state index is 6.15. The summed E-state index contributed by atoms with van der Waals surface area (Å²) in [4.78, 5) is 0.341. The fraction of sp³-hybridized carbons (Fsp3) is 0.538. The molecule has 3 unspecified atom stereocenters. The maximum atomic E-state index is 6.15. The van der Waals surface area contributed by atoms with Gasteiger partial charge in [-0.25, -0.2) is 0 Å². The summed E-state index contributed by atoms with van der Waals surface area (Å²) in [5.74, 6) is 0.601. The Morgan fingerprint density at radius 3 is 2.68 bits per heavy atom. The first-order valence-corrected chi connectivity index (χ1v) is 8.56. The van der Waals surface area contributed by atoms with Crippen LogP contribution >= 0.6 is 55.1 Å². The van der Waals surface area contributed by atoms with Crippen LogP contribution < -0.4 is 4.74 Å². The van der Waals surface area contributed by atoms with E-state index in [1.54, 1.807) is 12.1 Å². The van der Waals surface area contributed by atoms with Crippen LogP contribution in [-0.2, 0) is 4.74 Å². The summed E-state index contributed by atoms with van der Waals surface area (Å²) in [6, 6.07) is 3.47. The smallest absolute Gasteiger partial charge is 0.140 e. The quantitative estimate of drug-likeness (QED) is 0.454. The van der Waals surface area contributed by atoms with Crippen molar-refractivity contribution in [3.63, 3.8) is 0 Å². The highest BCUT2D eigenvalue weighted by Crippen LogP contribution is 2.39. The summed E-state index contributed by atoms with van der Waals surface area (Å²) in [5.41, 5.74) is 0. The van der Waals surface area contributed by atoms with Crippen molar-refractivity contribution < 1.29 is 9.47 Å². The van der Waals surface area contributed by atoms with Crippen LogP contribution in [0.2, 0.25) is 10.0 Å². The van der Waals surface area contributed by atoms with E-state index >= 15 is 0 Å². The Bertz CT molecular complexity index is 457. The molecule has 1 saturated carbocycles. The predicted molar refractivity (Wildman–Crippen MR) is 85.9 cm³/mol. The number of alkyl halides is 1. The van der Waals surface area contributed by atoms with Gasteiger partial charge >= 0.3 is 0 Å². The fourth-order valence-corrected chi connectivity index (χ4v) is 3.56. The summed E-state index contributed by atoms with van der Waals surface area (Å²) in [5, 5.41) is 1.13. The van der Waals surface area contributed by atoms with E-state index in [4.69, 9.17) is 32.7 Å². The Labute approximate surface area is 140 Å². The van der Waals surface area contributed by atoms with Gasteiger partial charge in [-0.05, 0) is 28.4 Å². The molecule has 0 aromatic heterocycles. The van der Waals surface area contributed by atoms with E-state index in [0.29, 0.717) is 20.6 Å². The largest absolute Gasteiger partial charge is 0.486 e. The number of halogens is 4. The summed E-state index contributed by atoms with van der Waals surface area (Å²) in [6.45, 7) is 2.82. The second kappa shape index (κ2) is 6.99. The average Bonchev–Trinajstić information content (AvgIpc) is 2.35. The Morgan fingerprint density at radius 1 is 1.32 bits per heavy atom. The molecule has 1 fully saturated rings. The molecule has 1 aromatic rings. The molecule has 0 spiro atoms. The van der Waals surface area contributed by atoms with Crippen LogP contribution in [0.3, 0.4) is 0 Å². The molecule has 6 heteroatoms. The average molecular weight is 433 g/mol. The molecule has 0 radical (unpaired) electrons. The standard InChI is InChI=1S/C13H14Br2Cl2O2/c1-2-3-18-13-8(15)5-12(13)19-11-6-9(16)7(14)4-10(11)17/h4,6,8,12-13H,2-3,5H2,1H3. The molecular weight excluding hydrogens is 419 g/mol. The number of benzene rings is 1. The van der Waals surface area contributed by atoms with Gasteiger partial charge in [0.15, 0.2) is 0 Å².